The number of fused-ring (bicyclic) bond motifs is 1. The molecule has 1 aliphatic rings. The van der Waals surface area contributed by atoms with E-state index in [-0.39, 0.29) is 16.5 Å². The molecule has 1 aromatic carbocycles. The van der Waals surface area contributed by atoms with Crippen LogP contribution >= 0.6 is 22.6 Å². The van der Waals surface area contributed by atoms with E-state index in [2.05, 4.69) is 9.71 Å². The highest BCUT2D eigenvalue weighted by molar-refractivity contribution is 14.1. The zero-order valence-corrected chi connectivity index (χ0v) is 14.8. The maximum atomic E-state index is 13.9. The first kappa shape index (κ1) is 16.1. The van der Waals surface area contributed by atoms with Crippen LogP contribution in [0.2, 0.25) is 0 Å². The molecule has 1 aromatic heterocycles. The standard InChI is InChI=1S/C15H16FIN2O2S/c16-13-6-7-14(12-8-10(17)9-18-15(12)13)22(20,21)19-11-4-2-1-3-5-11/h6-9,11,19H,1-5H2. The van der Waals surface area contributed by atoms with Crippen molar-refractivity contribution in [3.63, 3.8) is 0 Å². The minimum Gasteiger partial charge on any atom is -0.252 e. The van der Waals surface area contributed by atoms with Crippen molar-refractivity contribution >= 4 is 43.5 Å². The van der Waals surface area contributed by atoms with Crippen LogP contribution in [0.25, 0.3) is 10.9 Å². The van der Waals surface area contributed by atoms with Crippen molar-refractivity contribution in [2.45, 2.75) is 43.0 Å². The Hall–Kier alpha value is -0.800. The second-order valence-electron chi connectivity index (χ2n) is 5.55. The summed E-state index contributed by atoms with van der Waals surface area (Å²) >= 11 is 2.04. The largest absolute Gasteiger partial charge is 0.252 e. The molecule has 1 fully saturated rings. The predicted octanol–water partition coefficient (Wildman–Crippen LogP) is 3.59. The van der Waals surface area contributed by atoms with E-state index in [9.17, 15) is 12.8 Å². The number of hydrogen-bond acceptors (Lipinski definition) is 3. The molecule has 118 valence electrons. The number of nitrogens with one attached hydrogen (secondary N) is 1. The first-order valence-corrected chi connectivity index (χ1v) is 9.80. The predicted molar refractivity (Wildman–Crippen MR) is 91.6 cm³/mol. The monoisotopic (exact) mass is 434 g/mol. The summed E-state index contributed by atoms with van der Waals surface area (Å²) in [5.74, 6) is -0.511. The lowest BCUT2D eigenvalue weighted by molar-refractivity contribution is 0.412. The van der Waals surface area contributed by atoms with Crippen LogP contribution in [0.5, 0.6) is 0 Å². The normalized spacial score (nSPS) is 17.0. The summed E-state index contributed by atoms with van der Waals surface area (Å²) in [6, 6.07) is 4.11. The van der Waals surface area contributed by atoms with Crippen molar-refractivity contribution in [3.8, 4) is 0 Å². The molecule has 0 aliphatic heterocycles. The van der Waals surface area contributed by atoms with Gasteiger partial charge in [-0.3, -0.25) is 4.98 Å². The highest BCUT2D eigenvalue weighted by Crippen LogP contribution is 2.27. The number of aromatic nitrogens is 1. The van der Waals surface area contributed by atoms with E-state index in [1.165, 1.54) is 12.3 Å². The molecule has 1 N–H and O–H groups in total. The van der Waals surface area contributed by atoms with Crippen LogP contribution in [0, 0.1) is 9.39 Å². The van der Waals surface area contributed by atoms with Crippen LogP contribution < -0.4 is 4.72 Å². The molecule has 1 aliphatic carbocycles. The summed E-state index contributed by atoms with van der Waals surface area (Å²) in [6.45, 7) is 0. The summed E-state index contributed by atoms with van der Waals surface area (Å²) in [5.41, 5.74) is 0.0898. The Kier molecular flexibility index (Phi) is 4.65. The van der Waals surface area contributed by atoms with E-state index in [0.29, 0.717) is 5.39 Å². The van der Waals surface area contributed by atoms with Crippen molar-refractivity contribution < 1.29 is 12.8 Å². The molecular formula is C15H16FIN2O2S. The maximum Gasteiger partial charge on any atom is 0.241 e. The first-order valence-electron chi connectivity index (χ1n) is 7.23. The average Bonchev–Trinajstić information content (AvgIpc) is 2.47. The van der Waals surface area contributed by atoms with Gasteiger partial charge in [0.05, 0.1) is 4.90 Å². The van der Waals surface area contributed by atoms with E-state index in [1.54, 1.807) is 6.07 Å². The lowest BCUT2D eigenvalue weighted by Crippen LogP contribution is -2.36. The molecule has 22 heavy (non-hydrogen) atoms. The molecule has 0 atom stereocenters. The molecule has 0 amide bonds. The van der Waals surface area contributed by atoms with Crippen LogP contribution in [0.3, 0.4) is 0 Å². The fraction of sp³-hybridized carbons (Fsp3) is 0.400. The van der Waals surface area contributed by atoms with Gasteiger partial charge in [0.25, 0.3) is 0 Å². The van der Waals surface area contributed by atoms with E-state index in [0.717, 1.165) is 41.7 Å². The average molecular weight is 434 g/mol. The van der Waals surface area contributed by atoms with E-state index in [4.69, 9.17) is 0 Å². The molecule has 4 nitrogen and oxygen atoms in total. The molecule has 1 heterocycles. The van der Waals surface area contributed by atoms with Crippen molar-refractivity contribution in [2.75, 3.05) is 0 Å². The van der Waals surface area contributed by atoms with Gasteiger partial charge in [-0.2, -0.15) is 0 Å². The lowest BCUT2D eigenvalue weighted by atomic mass is 9.96. The lowest BCUT2D eigenvalue weighted by Gasteiger charge is -2.23. The van der Waals surface area contributed by atoms with Crippen molar-refractivity contribution in [3.05, 3.63) is 33.8 Å². The SMILES string of the molecule is O=S(=O)(NC1CCCCC1)c1ccc(F)c2ncc(I)cc12. The first-order chi connectivity index (χ1) is 10.5. The van der Waals surface area contributed by atoms with Crippen molar-refractivity contribution in [1.29, 1.82) is 0 Å². The Morgan fingerprint density at radius 3 is 2.68 bits per heavy atom. The number of benzene rings is 1. The number of pyridine rings is 1. The van der Waals surface area contributed by atoms with Crippen LogP contribution in [0.4, 0.5) is 4.39 Å². The minimum absolute atomic E-state index is 0.0328. The highest BCUT2D eigenvalue weighted by atomic mass is 127. The van der Waals surface area contributed by atoms with Gasteiger partial charge in [-0.15, -0.1) is 0 Å². The van der Waals surface area contributed by atoms with Crippen molar-refractivity contribution in [1.82, 2.24) is 9.71 Å². The molecule has 1 saturated carbocycles. The fourth-order valence-electron chi connectivity index (χ4n) is 2.87. The summed E-state index contributed by atoms with van der Waals surface area (Å²) in [6.07, 6.45) is 6.46. The zero-order chi connectivity index (χ0) is 15.7. The third-order valence-electron chi connectivity index (χ3n) is 3.94. The number of rotatable bonds is 3. The molecule has 7 heteroatoms. The van der Waals surface area contributed by atoms with Gasteiger partial charge in [-0.05, 0) is 53.6 Å². The molecule has 0 radical (unpaired) electrons. The summed E-state index contributed by atoms with van der Waals surface area (Å²) in [4.78, 5) is 4.12. The Morgan fingerprint density at radius 1 is 1.23 bits per heavy atom. The number of sulfonamides is 1. The van der Waals surface area contributed by atoms with Gasteiger partial charge in [-0.25, -0.2) is 17.5 Å². The second-order valence-corrected chi connectivity index (χ2v) is 8.48. The van der Waals surface area contributed by atoms with Gasteiger partial charge in [0.2, 0.25) is 10.0 Å². The van der Waals surface area contributed by atoms with Gasteiger partial charge in [0.1, 0.15) is 11.3 Å². The Bertz CT molecular complexity index is 805. The third-order valence-corrected chi connectivity index (χ3v) is 6.11. The smallest absolute Gasteiger partial charge is 0.241 e. The number of hydrogen-bond donors (Lipinski definition) is 1. The topological polar surface area (TPSA) is 59.1 Å². The van der Waals surface area contributed by atoms with Gasteiger partial charge in [-0.1, -0.05) is 19.3 Å². The van der Waals surface area contributed by atoms with Crippen LogP contribution in [-0.2, 0) is 10.0 Å². The molecule has 2 aromatic rings. The number of nitrogens with zero attached hydrogens (tertiary/aromatic N) is 1. The van der Waals surface area contributed by atoms with Gasteiger partial charge < -0.3 is 0 Å². The molecule has 0 saturated heterocycles. The maximum absolute atomic E-state index is 13.9. The second kappa shape index (κ2) is 6.37. The summed E-state index contributed by atoms with van der Waals surface area (Å²) in [7, 11) is -3.68. The van der Waals surface area contributed by atoms with Crippen LogP contribution in [-0.4, -0.2) is 19.4 Å². The molecule has 0 bridgehead atoms. The minimum atomic E-state index is -3.68. The van der Waals surface area contributed by atoms with Crippen molar-refractivity contribution in [2.24, 2.45) is 0 Å². The van der Waals surface area contributed by atoms with E-state index >= 15 is 0 Å². The Labute approximate surface area is 142 Å². The fourth-order valence-corrected chi connectivity index (χ4v) is 4.82. The van der Waals surface area contributed by atoms with E-state index < -0.39 is 15.8 Å². The van der Waals surface area contributed by atoms with Crippen LogP contribution in [0.1, 0.15) is 32.1 Å². The third kappa shape index (κ3) is 3.26. The quantitative estimate of drug-likeness (QED) is 0.752. The zero-order valence-electron chi connectivity index (χ0n) is 11.9. The van der Waals surface area contributed by atoms with Gasteiger partial charge in [0.15, 0.2) is 0 Å². The van der Waals surface area contributed by atoms with E-state index in [1.807, 2.05) is 22.6 Å². The summed E-state index contributed by atoms with van der Waals surface area (Å²) < 4.78 is 42.7. The highest BCUT2D eigenvalue weighted by Gasteiger charge is 2.24. The number of halogens is 2. The van der Waals surface area contributed by atoms with Crippen LogP contribution in [0.15, 0.2) is 29.3 Å². The molecule has 0 spiro atoms. The Morgan fingerprint density at radius 2 is 1.95 bits per heavy atom. The Balaban J connectivity index is 2.04. The molecular weight excluding hydrogens is 418 g/mol. The summed E-state index contributed by atoms with van der Waals surface area (Å²) in [5, 5.41) is 0.329. The molecule has 3 rings (SSSR count). The van der Waals surface area contributed by atoms with Gasteiger partial charge >= 0.3 is 0 Å². The molecule has 0 unspecified atom stereocenters. The van der Waals surface area contributed by atoms with Gasteiger partial charge in [0, 0.05) is 21.2 Å².